The summed E-state index contributed by atoms with van der Waals surface area (Å²) in [5, 5.41) is 0. The van der Waals surface area contributed by atoms with Crippen LogP contribution in [0.4, 0.5) is 4.39 Å². The molecule has 0 N–H and O–H groups in total. The van der Waals surface area contributed by atoms with E-state index in [4.69, 9.17) is 9.47 Å². The summed E-state index contributed by atoms with van der Waals surface area (Å²) in [5.74, 6) is -1.08. The lowest BCUT2D eigenvalue weighted by atomic mass is 10.00. The molecule has 0 saturated carbocycles. The Kier molecular flexibility index (Phi) is 5.84. The van der Waals surface area contributed by atoms with Gasteiger partial charge in [0.25, 0.3) is 5.91 Å². The minimum absolute atomic E-state index is 0.0484. The molecule has 0 fully saturated rings. The van der Waals surface area contributed by atoms with Crippen LogP contribution in [-0.4, -0.2) is 41.6 Å². The minimum Gasteiger partial charge on any atom is -0.494 e. The van der Waals surface area contributed by atoms with E-state index in [2.05, 4.69) is 15.9 Å². The van der Waals surface area contributed by atoms with Crippen LogP contribution in [0.2, 0.25) is 0 Å². The number of benzene rings is 1. The largest absolute Gasteiger partial charge is 0.494 e. The molecule has 2 heterocycles. The zero-order chi connectivity index (χ0) is 19.6. The van der Waals surface area contributed by atoms with E-state index in [1.807, 2.05) is 10.8 Å². The number of amides is 1. The quantitative estimate of drug-likeness (QED) is 0.647. The summed E-state index contributed by atoms with van der Waals surface area (Å²) in [6.45, 7) is 2.96. The summed E-state index contributed by atoms with van der Waals surface area (Å²) < 4.78 is 26.9. The summed E-state index contributed by atoms with van der Waals surface area (Å²) in [6.07, 6.45) is 1.80. The molecule has 2 aromatic rings. The van der Waals surface area contributed by atoms with Crippen LogP contribution >= 0.6 is 15.9 Å². The lowest BCUT2D eigenvalue weighted by Gasteiger charge is -2.35. The maximum Gasteiger partial charge on any atom is 0.308 e. The van der Waals surface area contributed by atoms with Gasteiger partial charge in [-0.15, -0.1) is 0 Å². The van der Waals surface area contributed by atoms with Crippen LogP contribution in [0.1, 0.15) is 35.4 Å². The Balaban J connectivity index is 1.96. The van der Waals surface area contributed by atoms with E-state index in [9.17, 15) is 14.0 Å². The second kappa shape index (κ2) is 8.12. The number of nitrogens with zero attached hydrogens (tertiary/aromatic N) is 2. The second-order valence-corrected chi connectivity index (χ2v) is 7.07. The summed E-state index contributed by atoms with van der Waals surface area (Å²) in [5.41, 5.74) is 1.05. The van der Waals surface area contributed by atoms with Gasteiger partial charge in [-0.1, -0.05) is 6.07 Å². The Morgan fingerprint density at radius 2 is 2.11 bits per heavy atom. The van der Waals surface area contributed by atoms with Crippen molar-refractivity contribution in [3.8, 4) is 5.75 Å². The first kappa shape index (κ1) is 19.4. The number of aromatic nitrogens is 1. The van der Waals surface area contributed by atoms with Crippen molar-refractivity contribution in [3.63, 3.8) is 0 Å². The smallest absolute Gasteiger partial charge is 0.308 e. The van der Waals surface area contributed by atoms with Gasteiger partial charge >= 0.3 is 5.97 Å². The number of carbonyl (C=O) groups is 2. The van der Waals surface area contributed by atoms with Crippen molar-refractivity contribution in [2.45, 2.75) is 25.9 Å². The lowest BCUT2D eigenvalue weighted by Crippen LogP contribution is -2.43. The molecule has 144 valence electrons. The van der Waals surface area contributed by atoms with Gasteiger partial charge in [-0.25, -0.2) is 4.39 Å². The molecule has 0 spiro atoms. The number of hydrogen-bond acceptors (Lipinski definition) is 4. The van der Waals surface area contributed by atoms with Crippen LogP contribution in [0.15, 0.2) is 34.9 Å². The number of fused-ring (bicyclic) bond motifs is 1. The zero-order valence-electron chi connectivity index (χ0n) is 15.1. The van der Waals surface area contributed by atoms with E-state index >= 15 is 0 Å². The number of methoxy groups -OCH3 is 1. The average Bonchev–Trinajstić information content (AvgIpc) is 3.02. The molecule has 6 nitrogen and oxygen atoms in total. The molecular formula is C19H20BrFN2O4. The highest BCUT2D eigenvalue weighted by Crippen LogP contribution is 2.32. The Morgan fingerprint density at radius 3 is 2.78 bits per heavy atom. The first-order valence-electron chi connectivity index (χ1n) is 8.60. The fourth-order valence-electron chi connectivity index (χ4n) is 3.28. The lowest BCUT2D eigenvalue weighted by molar-refractivity contribution is -0.144. The predicted octanol–water partition coefficient (Wildman–Crippen LogP) is 3.55. The first-order chi connectivity index (χ1) is 12.9. The van der Waals surface area contributed by atoms with Crippen LogP contribution in [-0.2, 0) is 16.1 Å². The number of carbonyl (C=O) groups excluding carboxylic acids is 2. The Morgan fingerprint density at radius 1 is 1.33 bits per heavy atom. The van der Waals surface area contributed by atoms with Gasteiger partial charge in [0.15, 0.2) is 11.6 Å². The number of halogens is 2. The van der Waals surface area contributed by atoms with Crippen molar-refractivity contribution >= 4 is 27.8 Å². The molecule has 1 aliphatic heterocycles. The van der Waals surface area contributed by atoms with Crippen LogP contribution in [0.5, 0.6) is 5.75 Å². The third kappa shape index (κ3) is 4.00. The van der Waals surface area contributed by atoms with Gasteiger partial charge in [0, 0.05) is 23.8 Å². The fraction of sp³-hybridized carbons (Fsp3) is 0.368. The molecule has 1 aromatic carbocycles. The van der Waals surface area contributed by atoms with Crippen molar-refractivity contribution in [1.82, 2.24) is 9.47 Å². The highest BCUT2D eigenvalue weighted by atomic mass is 79.9. The van der Waals surface area contributed by atoms with E-state index in [-0.39, 0.29) is 24.7 Å². The van der Waals surface area contributed by atoms with Crippen molar-refractivity contribution in [1.29, 1.82) is 0 Å². The monoisotopic (exact) mass is 438 g/mol. The third-order valence-electron chi connectivity index (χ3n) is 4.53. The minimum atomic E-state index is -0.626. The van der Waals surface area contributed by atoms with Crippen LogP contribution in [0.25, 0.3) is 0 Å². The average molecular weight is 439 g/mol. The molecule has 1 aromatic heterocycles. The van der Waals surface area contributed by atoms with E-state index < -0.39 is 17.8 Å². The molecule has 0 bridgehead atoms. The molecule has 0 aliphatic carbocycles. The molecule has 0 saturated heterocycles. The first-order valence-corrected chi connectivity index (χ1v) is 9.39. The maximum atomic E-state index is 14.2. The van der Waals surface area contributed by atoms with Gasteiger partial charge in [-0.05, 0) is 46.6 Å². The topological polar surface area (TPSA) is 60.8 Å². The van der Waals surface area contributed by atoms with Gasteiger partial charge in [0.05, 0.1) is 26.2 Å². The molecule has 27 heavy (non-hydrogen) atoms. The normalized spacial score (nSPS) is 14.7. The summed E-state index contributed by atoms with van der Waals surface area (Å²) in [4.78, 5) is 26.7. The Bertz CT molecular complexity index is 867. The summed E-state index contributed by atoms with van der Waals surface area (Å²) in [7, 11) is 1.38. The standard InChI is InChI=1S/C19H20BrFN2O4/c1-3-27-18(24)10-15(12-4-5-17(26-2)14(21)8-12)23-7-6-22-11-13(20)9-16(22)19(23)25/h4-5,8-9,11,15H,3,6-7,10H2,1-2H3/t15-/m0/s1. The molecule has 3 rings (SSSR count). The van der Waals surface area contributed by atoms with E-state index in [0.29, 0.717) is 24.3 Å². The molecule has 1 atom stereocenters. The molecule has 8 heteroatoms. The third-order valence-corrected chi connectivity index (χ3v) is 4.96. The number of hydrogen-bond donors (Lipinski definition) is 0. The van der Waals surface area contributed by atoms with Gasteiger partial charge in [0.2, 0.25) is 0 Å². The molecule has 0 unspecified atom stereocenters. The van der Waals surface area contributed by atoms with Gasteiger partial charge < -0.3 is 18.9 Å². The highest BCUT2D eigenvalue weighted by Gasteiger charge is 2.33. The summed E-state index contributed by atoms with van der Waals surface area (Å²) in [6, 6.07) is 5.59. The van der Waals surface area contributed by atoms with E-state index in [1.165, 1.54) is 19.2 Å². The van der Waals surface area contributed by atoms with Gasteiger partial charge in [-0.2, -0.15) is 0 Å². The van der Waals surface area contributed by atoms with Gasteiger partial charge in [0.1, 0.15) is 5.69 Å². The fourth-order valence-corrected chi connectivity index (χ4v) is 3.74. The molecule has 1 amide bonds. The van der Waals surface area contributed by atoms with Crippen LogP contribution in [0, 0.1) is 5.82 Å². The number of rotatable bonds is 6. The van der Waals surface area contributed by atoms with Crippen molar-refractivity contribution in [3.05, 3.63) is 52.0 Å². The van der Waals surface area contributed by atoms with Crippen molar-refractivity contribution in [2.75, 3.05) is 20.3 Å². The summed E-state index contributed by atoms with van der Waals surface area (Å²) >= 11 is 3.38. The number of ether oxygens (including phenoxy) is 2. The van der Waals surface area contributed by atoms with E-state index in [1.54, 1.807) is 24.0 Å². The Hall–Kier alpha value is -2.35. The van der Waals surface area contributed by atoms with Crippen molar-refractivity contribution in [2.24, 2.45) is 0 Å². The highest BCUT2D eigenvalue weighted by molar-refractivity contribution is 9.10. The predicted molar refractivity (Wildman–Crippen MR) is 100 cm³/mol. The van der Waals surface area contributed by atoms with E-state index in [0.717, 1.165) is 4.47 Å². The molecule has 0 radical (unpaired) electrons. The van der Waals surface area contributed by atoms with Crippen molar-refractivity contribution < 1.29 is 23.5 Å². The molecular weight excluding hydrogens is 419 g/mol. The van der Waals surface area contributed by atoms with Gasteiger partial charge in [-0.3, -0.25) is 9.59 Å². The van der Waals surface area contributed by atoms with Crippen LogP contribution < -0.4 is 4.74 Å². The number of esters is 1. The molecule has 1 aliphatic rings. The Labute approximate surface area is 165 Å². The SMILES string of the molecule is CCOC(=O)C[C@@H](c1ccc(OC)c(F)c1)N1CCn2cc(Br)cc2C1=O. The van der Waals surface area contributed by atoms with Crippen LogP contribution in [0.3, 0.4) is 0 Å². The maximum absolute atomic E-state index is 14.2. The second-order valence-electron chi connectivity index (χ2n) is 6.15. The zero-order valence-corrected chi connectivity index (χ0v) is 16.7.